The quantitative estimate of drug-likeness (QED) is 0.166. The van der Waals surface area contributed by atoms with E-state index in [9.17, 15) is 39.6 Å². The smallest absolute Gasteiger partial charge is 0.444 e. The lowest BCUT2D eigenvalue weighted by molar-refractivity contribution is -0.271. The van der Waals surface area contributed by atoms with Crippen LogP contribution in [0.15, 0.2) is 54.9 Å². The molecule has 18 heteroatoms. The number of amides is 1. The third-order valence-corrected chi connectivity index (χ3v) is 8.91. The Bertz CT molecular complexity index is 2040. The van der Waals surface area contributed by atoms with E-state index >= 15 is 0 Å². The summed E-state index contributed by atoms with van der Waals surface area (Å²) >= 11 is 0. The summed E-state index contributed by atoms with van der Waals surface area (Å²) in [5.74, 6) is -9.09. The van der Waals surface area contributed by atoms with Crippen molar-refractivity contribution in [3.63, 3.8) is 0 Å². The van der Waals surface area contributed by atoms with Crippen molar-refractivity contribution < 1.29 is 49.0 Å². The molecule has 1 amide bonds. The van der Waals surface area contributed by atoms with Crippen LogP contribution in [0.5, 0.6) is 11.6 Å². The van der Waals surface area contributed by atoms with Gasteiger partial charge in [-0.15, -0.1) is 0 Å². The number of carbonyl (C=O) groups excluding carboxylic acids is 1. The van der Waals surface area contributed by atoms with E-state index in [0.717, 1.165) is 18.9 Å². The van der Waals surface area contributed by atoms with Crippen LogP contribution >= 0.6 is 0 Å². The van der Waals surface area contributed by atoms with Gasteiger partial charge in [-0.3, -0.25) is 4.72 Å². The molecule has 0 saturated carbocycles. The van der Waals surface area contributed by atoms with Crippen LogP contribution in [0.3, 0.4) is 0 Å². The number of nitrogens with one attached hydrogen (secondary N) is 2. The van der Waals surface area contributed by atoms with E-state index in [2.05, 4.69) is 20.3 Å². The van der Waals surface area contributed by atoms with Crippen molar-refractivity contribution >= 4 is 38.5 Å². The highest BCUT2D eigenvalue weighted by atomic mass is 32.2. The largest absolute Gasteiger partial charge is 0.454 e. The van der Waals surface area contributed by atoms with Gasteiger partial charge in [-0.2, -0.15) is 22.0 Å². The number of rotatable bonds is 9. The summed E-state index contributed by atoms with van der Waals surface area (Å²) in [4.78, 5) is 27.5. The number of piperidine rings is 1. The molecule has 5 rings (SSSR count). The second-order valence-corrected chi connectivity index (χ2v) is 14.6. The molecule has 1 aliphatic heterocycles. The van der Waals surface area contributed by atoms with E-state index in [1.807, 2.05) is 0 Å². The van der Waals surface area contributed by atoms with Gasteiger partial charge in [0.1, 0.15) is 22.9 Å². The van der Waals surface area contributed by atoms with Gasteiger partial charge in [0.2, 0.25) is 21.9 Å². The van der Waals surface area contributed by atoms with E-state index in [1.165, 1.54) is 30.6 Å². The SMILES string of the molecule is Cc1ccc2c(NS(=O)(=O)CC(F)(F)C(F)(F)F)c(F)ccc2c1Oc1ncccc1-c1ccnc(NC2CCCN(C(=O)OC(C)(C)C)C2)n1. The predicted molar refractivity (Wildman–Crippen MR) is 177 cm³/mol. The Labute approximate surface area is 289 Å². The third-order valence-electron chi connectivity index (χ3n) is 7.65. The number of hydrogen-bond acceptors (Lipinski definition) is 9. The molecule has 1 unspecified atom stereocenters. The molecule has 4 aromatic rings. The minimum absolute atomic E-state index is 0.0304. The van der Waals surface area contributed by atoms with Crippen molar-refractivity contribution in [2.45, 2.75) is 64.3 Å². The van der Waals surface area contributed by atoms with E-state index in [-0.39, 0.29) is 34.4 Å². The lowest BCUT2D eigenvalue weighted by atomic mass is 10.0. The number of benzene rings is 2. The predicted octanol–water partition coefficient (Wildman–Crippen LogP) is 7.68. The minimum atomic E-state index is -6.14. The number of hydrogen-bond donors (Lipinski definition) is 2. The van der Waals surface area contributed by atoms with Crippen molar-refractivity contribution in [1.29, 1.82) is 0 Å². The lowest BCUT2D eigenvalue weighted by Gasteiger charge is -2.34. The van der Waals surface area contributed by atoms with Crippen molar-refractivity contribution in [2.75, 3.05) is 28.9 Å². The number of carbonyl (C=O) groups is 1. The first-order valence-electron chi connectivity index (χ1n) is 15.6. The van der Waals surface area contributed by atoms with Crippen LogP contribution in [0.2, 0.25) is 0 Å². The fourth-order valence-electron chi connectivity index (χ4n) is 5.32. The number of aromatic nitrogens is 3. The fraction of sp³-hybridized carbons (Fsp3) is 0.394. The second kappa shape index (κ2) is 14.0. The molecule has 2 N–H and O–H groups in total. The van der Waals surface area contributed by atoms with Crippen molar-refractivity contribution in [3.8, 4) is 22.9 Å². The van der Waals surface area contributed by atoms with Crippen molar-refractivity contribution in [1.82, 2.24) is 19.9 Å². The van der Waals surface area contributed by atoms with Crippen LogP contribution in [0.1, 0.15) is 39.2 Å². The number of likely N-dealkylation sites (tertiary alicyclic amines) is 1. The molecular weight excluding hydrogens is 706 g/mol. The molecule has 0 bridgehead atoms. The van der Waals surface area contributed by atoms with E-state index < -0.39 is 51.1 Å². The standard InChI is InChI=1S/C33H34F6N6O5S/c1-19-9-10-21-22(11-12-24(34)26(21)44-51(47,48)18-32(35,36)33(37,38)39)27(19)49-28-23(8-5-14-40-28)25-13-15-41-29(43-25)42-20-7-6-16-45(17-20)30(46)50-31(2,3)4/h5,8-15,20,44H,6-7,16-18H2,1-4H3,(H,41,42,43). The number of ether oxygens (including phenoxy) is 2. The summed E-state index contributed by atoms with van der Waals surface area (Å²) in [7, 11) is -5.40. The molecule has 0 spiro atoms. The van der Waals surface area contributed by atoms with E-state index in [1.54, 1.807) is 55.5 Å². The monoisotopic (exact) mass is 740 g/mol. The molecule has 51 heavy (non-hydrogen) atoms. The fourth-order valence-corrected chi connectivity index (χ4v) is 6.56. The average Bonchev–Trinajstić information content (AvgIpc) is 3.02. The summed E-state index contributed by atoms with van der Waals surface area (Å²) in [6.45, 7) is 7.93. The summed E-state index contributed by atoms with van der Waals surface area (Å²) in [6.07, 6.45) is -2.13. The molecule has 2 aromatic carbocycles. The molecule has 1 atom stereocenters. The maximum atomic E-state index is 15.0. The highest BCUT2D eigenvalue weighted by Gasteiger charge is 2.59. The highest BCUT2D eigenvalue weighted by Crippen LogP contribution is 2.41. The lowest BCUT2D eigenvalue weighted by Crippen LogP contribution is -2.47. The normalized spacial score (nSPS) is 15.8. The Morgan fingerprint density at radius 1 is 1.00 bits per heavy atom. The van der Waals surface area contributed by atoms with Gasteiger partial charge in [0, 0.05) is 42.3 Å². The van der Waals surface area contributed by atoms with Gasteiger partial charge in [0.05, 0.1) is 16.9 Å². The first-order valence-corrected chi connectivity index (χ1v) is 17.3. The Balaban J connectivity index is 1.42. The third kappa shape index (κ3) is 8.90. The Morgan fingerprint density at radius 3 is 2.43 bits per heavy atom. The van der Waals surface area contributed by atoms with Gasteiger partial charge >= 0.3 is 18.2 Å². The first kappa shape index (κ1) is 37.4. The maximum absolute atomic E-state index is 15.0. The Kier molecular flexibility index (Phi) is 10.3. The van der Waals surface area contributed by atoms with Gasteiger partial charge in [0.25, 0.3) is 0 Å². The molecule has 1 aliphatic rings. The molecule has 11 nitrogen and oxygen atoms in total. The van der Waals surface area contributed by atoms with Crippen LogP contribution in [0, 0.1) is 12.7 Å². The topological polar surface area (TPSA) is 136 Å². The molecule has 2 aromatic heterocycles. The average molecular weight is 741 g/mol. The number of halogens is 6. The number of anilines is 2. The number of pyridine rings is 1. The summed E-state index contributed by atoms with van der Waals surface area (Å²) in [5, 5.41) is 3.19. The molecule has 274 valence electrons. The first-order chi connectivity index (χ1) is 23.7. The van der Waals surface area contributed by atoms with E-state index in [4.69, 9.17) is 9.47 Å². The molecular formula is C33H34F6N6O5S. The summed E-state index contributed by atoms with van der Waals surface area (Å²) < 4.78 is 119. The van der Waals surface area contributed by atoms with Crippen LogP contribution in [0.4, 0.5) is 42.8 Å². The Morgan fingerprint density at radius 2 is 1.73 bits per heavy atom. The molecule has 3 heterocycles. The highest BCUT2D eigenvalue weighted by molar-refractivity contribution is 7.92. The van der Waals surface area contributed by atoms with Crippen molar-refractivity contribution in [3.05, 3.63) is 66.2 Å². The van der Waals surface area contributed by atoms with Gasteiger partial charge in [0.15, 0.2) is 0 Å². The van der Waals surface area contributed by atoms with Crippen LogP contribution < -0.4 is 14.8 Å². The number of fused-ring (bicyclic) bond motifs is 1. The number of aryl methyl sites for hydroxylation is 1. The summed E-state index contributed by atoms with van der Waals surface area (Å²) in [5.41, 5.74) is -0.218. The second-order valence-electron chi connectivity index (χ2n) is 12.9. The summed E-state index contributed by atoms with van der Waals surface area (Å²) in [6, 6.07) is 9.51. The molecule has 1 fully saturated rings. The zero-order valence-electron chi connectivity index (χ0n) is 27.8. The van der Waals surface area contributed by atoms with Gasteiger partial charge in [-0.1, -0.05) is 12.1 Å². The number of alkyl halides is 5. The van der Waals surface area contributed by atoms with Gasteiger partial charge in [-0.25, -0.2) is 32.6 Å². The van der Waals surface area contributed by atoms with Crippen LogP contribution in [-0.4, -0.2) is 76.9 Å². The molecule has 0 radical (unpaired) electrons. The number of sulfonamides is 1. The molecule has 0 aliphatic carbocycles. The zero-order chi connectivity index (χ0) is 37.4. The zero-order valence-corrected chi connectivity index (χ0v) is 28.6. The van der Waals surface area contributed by atoms with Crippen LogP contribution in [0.25, 0.3) is 22.0 Å². The van der Waals surface area contributed by atoms with E-state index in [0.29, 0.717) is 29.9 Å². The maximum Gasteiger partial charge on any atom is 0.454 e. The van der Waals surface area contributed by atoms with Crippen molar-refractivity contribution in [2.24, 2.45) is 0 Å². The van der Waals surface area contributed by atoms with Gasteiger partial charge < -0.3 is 19.7 Å². The van der Waals surface area contributed by atoms with Crippen LogP contribution in [-0.2, 0) is 14.8 Å². The molecule has 1 saturated heterocycles. The number of nitrogens with zero attached hydrogens (tertiary/aromatic N) is 4. The minimum Gasteiger partial charge on any atom is -0.444 e. The Hall–Kier alpha value is -4.87. The van der Waals surface area contributed by atoms with Gasteiger partial charge in [-0.05, 0) is 76.4 Å².